The summed E-state index contributed by atoms with van der Waals surface area (Å²) in [4.78, 5) is 35.5. The van der Waals surface area contributed by atoms with Crippen molar-refractivity contribution < 1.29 is 0 Å². The van der Waals surface area contributed by atoms with Crippen LogP contribution < -0.4 is 0 Å². The van der Waals surface area contributed by atoms with E-state index in [1.807, 2.05) is 97.1 Å². The summed E-state index contributed by atoms with van der Waals surface area (Å²) in [6.45, 7) is 0. The van der Waals surface area contributed by atoms with Gasteiger partial charge in [0.1, 0.15) is 0 Å². The number of pyridine rings is 2. The maximum Gasteiger partial charge on any atom is 0.164 e. The Morgan fingerprint density at radius 2 is 0.384 bits per heavy atom. The zero-order valence-corrected chi connectivity index (χ0v) is 61.0. The molecule has 0 aliphatic carbocycles. The van der Waals surface area contributed by atoms with Gasteiger partial charge >= 0.3 is 0 Å². The fourth-order valence-corrected chi connectivity index (χ4v) is 15.2. The molecule has 524 valence electrons. The van der Waals surface area contributed by atoms with E-state index >= 15 is 0 Å². The molecule has 0 aliphatic heterocycles. The summed E-state index contributed by atoms with van der Waals surface area (Å²) in [5.41, 5.74) is 27.6. The van der Waals surface area contributed by atoms with Gasteiger partial charge in [-0.15, -0.1) is 0 Å². The third-order valence-electron chi connectivity index (χ3n) is 20.8. The molecule has 0 spiro atoms. The fraction of sp³-hybridized carbons (Fsp3) is 0. The molecule has 20 aromatic rings. The summed E-state index contributed by atoms with van der Waals surface area (Å²) in [5.74, 6) is 2.63. The molecule has 7 heteroatoms. The Kier molecular flexibility index (Phi) is 18.3. The molecule has 0 amide bonds. The number of hydrogen-bond acceptors (Lipinski definition) is 7. The van der Waals surface area contributed by atoms with Crippen molar-refractivity contribution in [3.8, 4) is 157 Å². The van der Waals surface area contributed by atoms with Crippen LogP contribution in [0.5, 0.6) is 0 Å². The molecule has 0 bridgehead atoms. The molecule has 20 rings (SSSR count). The lowest BCUT2D eigenvalue weighted by Gasteiger charge is -2.16. The molecule has 4 heterocycles. The average molecular weight is 1430 g/mol. The maximum absolute atomic E-state index is 5.38. The van der Waals surface area contributed by atoms with Crippen LogP contribution in [0.15, 0.2) is 419 Å². The lowest BCUT2D eigenvalue weighted by molar-refractivity contribution is 1.07. The molecule has 0 radical (unpaired) electrons. The number of benzene rings is 16. The van der Waals surface area contributed by atoms with Gasteiger partial charge in [-0.05, 0) is 109 Å². The topological polar surface area (TPSA) is 90.2 Å². The van der Waals surface area contributed by atoms with Crippen LogP contribution in [-0.2, 0) is 0 Å². The Hall–Kier alpha value is -15.1. The summed E-state index contributed by atoms with van der Waals surface area (Å²) < 4.78 is 0. The van der Waals surface area contributed by atoms with Gasteiger partial charge in [0.15, 0.2) is 23.3 Å². The minimum absolute atomic E-state index is 0.634. The van der Waals surface area contributed by atoms with Crippen molar-refractivity contribution in [1.29, 1.82) is 0 Å². The summed E-state index contributed by atoms with van der Waals surface area (Å²) in [6, 6.07) is 146. The van der Waals surface area contributed by atoms with Crippen molar-refractivity contribution in [2.45, 2.75) is 0 Å². The SMILES string of the molecule is c1ccc(-c2cccc(-c3nc4ccc(-c5ccc(-c6cc(-c7ccccc7)nc(-c7ccccc7)n6)cc5)cc4c4c(-c5ccccc5)cccc34)c2)cc1.c1ccc(-c2cccc(-c3nc4ccc(-c5ccc(-c6nc(-c7ccccc7)nc(-c7ccccc7)n6)cc5)cc4c4c(-c5ccccc5)cccc34)c2)cc1. The predicted octanol–water partition coefficient (Wildman–Crippen LogP) is 27.1. The fourth-order valence-electron chi connectivity index (χ4n) is 15.2. The van der Waals surface area contributed by atoms with Crippen LogP contribution in [-0.4, -0.2) is 34.9 Å². The first-order chi connectivity index (χ1) is 55.5. The number of aromatic nitrogens is 7. The molecular weight excluding hydrogens is 1360 g/mol. The van der Waals surface area contributed by atoms with Crippen molar-refractivity contribution in [3.05, 3.63) is 419 Å². The van der Waals surface area contributed by atoms with Crippen LogP contribution in [0.25, 0.3) is 201 Å². The van der Waals surface area contributed by atoms with E-state index < -0.39 is 0 Å². The molecule has 0 atom stereocenters. The van der Waals surface area contributed by atoms with E-state index in [9.17, 15) is 0 Å². The largest absolute Gasteiger partial charge is 0.247 e. The van der Waals surface area contributed by atoms with Crippen LogP contribution in [0.4, 0.5) is 0 Å². The highest BCUT2D eigenvalue weighted by Gasteiger charge is 2.21. The van der Waals surface area contributed by atoms with Crippen LogP contribution in [0.3, 0.4) is 0 Å². The second-order valence-electron chi connectivity index (χ2n) is 27.9. The van der Waals surface area contributed by atoms with Crippen molar-refractivity contribution in [3.63, 3.8) is 0 Å². The van der Waals surface area contributed by atoms with Crippen LogP contribution in [0.2, 0.25) is 0 Å². The first-order valence-corrected chi connectivity index (χ1v) is 37.7. The van der Waals surface area contributed by atoms with E-state index in [1.165, 1.54) is 55.3 Å². The van der Waals surface area contributed by atoms with Crippen LogP contribution >= 0.6 is 0 Å². The monoisotopic (exact) mass is 1430 g/mol. The number of rotatable bonds is 14. The molecule has 7 nitrogen and oxygen atoms in total. The third-order valence-corrected chi connectivity index (χ3v) is 20.8. The smallest absolute Gasteiger partial charge is 0.164 e. The molecular formula is C105H69N7. The third kappa shape index (κ3) is 13.7. The molecule has 0 N–H and O–H groups in total. The van der Waals surface area contributed by atoms with Gasteiger partial charge in [0.05, 0.1) is 33.8 Å². The van der Waals surface area contributed by atoms with Gasteiger partial charge in [-0.1, -0.05) is 376 Å². The Balaban J connectivity index is 0.000000151. The van der Waals surface area contributed by atoms with E-state index in [0.29, 0.717) is 23.3 Å². The number of fused-ring (bicyclic) bond motifs is 6. The molecule has 0 saturated carbocycles. The molecule has 0 saturated heterocycles. The molecule has 16 aromatic carbocycles. The van der Waals surface area contributed by atoms with Gasteiger partial charge in [0, 0.05) is 76.8 Å². The van der Waals surface area contributed by atoms with Crippen molar-refractivity contribution in [2.75, 3.05) is 0 Å². The molecule has 0 aliphatic rings. The van der Waals surface area contributed by atoms with Gasteiger partial charge in [0.2, 0.25) is 0 Å². The van der Waals surface area contributed by atoms with Gasteiger partial charge < -0.3 is 0 Å². The van der Waals surface area contributed by atoms with Gasteiger partial charge in [0.25, 0.3) is 0 Å². The first-order valence-electron chi connectivity index (χ1n) is 37.7. The van der Waals surface area contributed by atoms with Crippen LogP contribution in [0.1, 0.15) is 0 Å². The minimum Gasteiger partial charge on any atom is -0.247 e. The van der Waals surface area contributed by atoms with E-state index in [0.717, 1.165) is 122 Å². The highest BCUT2D eigenvalue weighted by Crippen LogP contribution is 2.44. The Morgan fingerprint density at radius 1 is 0.134 bits per heavy atom. The summed E-state index contributed by atoms with van der Waals surface area (Å²) in [7, 11) is 0. The zero-order valence-electron chi connectivity index (χ0n) is 61.0. The van der Waals surface area contributed by atoms with E-state index in [1.54, 1.807) is 0 Å². The highest BCUT2D eigenvalue weighted by atomic mass is 15.0. The second-order valence-corrected chi connectivity index (χ2v) is 27.9. The first kappa shape index (κ1) is 67.5. The molecule has 0 fully saturated rings. The van der Waals surface area contributed by atoms with Crippen molar-refractivity contribution in [1.82, 2.24) is 34.9 Å². The number of nitrogens with zero attached hydrogens (tertiary/aromatic N) is 7. The Bertz CT molecular complexity index is 6260. The summed E-state index contributed by atoms with van der Waals surface area (Å²) >= 11 is 0. The Morgan fingerprint density at radius 3 is 0.759 bits per heavy atom. The molecule has 0 unspecified atom stereocenters. The lowest BCUT2D eigenvalue weighted by atomic mass is 9.91. The summed E-state index contributed by atoms with van der Waals surface area (Å²) in [5, 5.41) is 6.87. The van der Waals surface area contributed by atoms with Gasteiger partial charge in [-0.3, -0.25) is 0 Å². The van der Waals surface area contributed by atoms with Gasteiger partial charge in [-0.2, -0.15) is 0 Å². The van der Waals surface area contributed by atoms with Gasteiger partial charge in [-0.25, -0.2) is 34.9 Å². The Labute approximate surface area is 650 Å². The maximum atomic E-state index is 5.38. The van der Waals surface area contributed by atoms with Crippen LogP contribution in [0, 0.1) is 0 Å². The lowest BCUT2D eigenvalue weighted by Crippen LogP contribution is -2.00. The van der Waals surface area contributed by atoms with E-state index in [2.05, 4.69) is 322 Å². The average Bonchev–Trinajstić information content (AvgIpc) is 0.743. The minimum atomic E-state index is 0.634. The summed E-state index contributed by atoms with van der Waals surface area (Å²) in [6.07, 6.45) is 0. The van der Waals surface area contributed by atoms with E-state index in [4.69, 9.17) is 34.9 Å². The predicted molar refractivity (Wildman–Crippen MR) is 464 cm³/mol. The normalized spacial score (nSPS) is 11.2. The molecule has 112 heavy (non-hydrogen) atoms. The van der Waals surface area contributed by atoms with E-state index in [-0.39, 0.29) is 0 Å². The number of hydrogen-bond donors (Lipinski definition) is 0. The quantitative estimate of drug-likeness (QED) is 0.100. The zero-order chi connectivity index (χ0) is 74.5. The highest BCUT2D eigenvalue weighted by molar-refractivity contribution is 6.19. The molecule has 4 aromatic heterocycles. The standard InChI is InChI=1S/C53H35N3.C52H34N4/c1-5-15-36(16-6-1)42-23-13-24-44(33-42)52-46-26-14-25-45(38-17-7-2-8-18-38)51(46)47-34-43(31-32-48(47)54-52)37-27-29-40(30-28-37)50-35-49(39-19-9-3-10-20-39)55-53(56-50)41-21-11-4-12-22-41;1-5-15-35(16-6-1)41-23-13-24-43(33-41)49-45-26-14-25-44(37-17-7-2-8-18-37)48(45)46-34-42(31-32-47(46)53-49)36-27-29-40(30-28-36)52-55-50(38-19-9-3-10-20-38)54-51(56-52)39-21-11-4-12-22-39/h1-35H;1-34H. The van der Waals surface area contributed by atoms with Crippen molar-refractivity contribution >= 4 is 43.4 Å². The second kappa shape index (κ2) is 30.3. The van der Waals surface area contributed by atoms with Crippen molar-refractivity contribution in [2.24, 2.45) is 0 Å².